The van der Waals surface area contributed by atoms with E-state index in [1.54, 1.807) is 0 Å². The average molecular weight is 311 g/mol. The Kier molecular flexibility index (Phi) is 4.51. The van der Waals surface area contributed by atoms with Gasteiger partial charge in [-0.25, -0.2) is 0 Å². The van der Waals surface area contributed by atoms with Crippen LogP contribution in [-0.4, -0.2) is 12.5 Å². The van der Waals surface area contributed by atoms with Crippen LogP contribution in [0.1, 0.15) is 20.3 Å². The van der Waals surface area contributed by atoms with Gasteiger partial charge in [0.1, 0.15) is 17.2 Å². The zero-order chi connectivity index (χ0) is 16.2. The Morgan fingerprint density at radius 3 is 2.09 bits per heavy atom. The van der Waals surface area contributed by atoms with Gasteiger partial charge in [-0.15, -0.1) is 0 Å². The minimum Gasteiger partial charge on any atom is -0.494 e. The van der Waals surface area contributed by atoms with E-state index in [9.17, 15) is 4.79 Å². The van der Waals surface area contributed by atoms with Crippen LogP contribution >= 0.6 is 0 Å². The number of carbonyl (C=O) groups is 1. The van der Waals surface area contributed by atoms with Crippen molar-refractivity contribution in [1.29, 1.82) is 0 Å². The largest absolute Gasteiger partial charge is 0.494 e. The van der Waals surface area contributed by atoms with Gasteiger partial charge < -0.3 is 14.8 Å². The van der Waals surface area contributed by atoms with Gasteiger partial charge in [-0.1, -0.05) is 6.92 Å². The molecule has 0 radical (unpaired) electrons. The Balaban J connectivity index is 1.57. The number of hydrogen-bond acceptors (Lipinski definition) is 3. The van der Waals surface area contributed by atoms with E-state index in [4.69, 9.17) is 9.47 Å². The van der Waals surface area contributed by atoms with Crippen LogP contribution < -0.4 is 14.8 Å². The predicted octanol–water partition coefficient (Wildman–Crippen LogP) is 4.47. The summed E-state index contributed by atoms with van der Waals surface area (Å²) < 4.78 is 11.2. The molecule has 0 saturated heterocycles. The lowest BCUT2D eigenvalue weighted by molar-refractivity contribution is -0.117. The van der Waals surface area contributed by atoms with E-state index in [1.165, 1.54) is 0 Å². The van der Waals surface area contributed by atoms with Crippen LogP contribution in [0.5, 0.6) is 17.2 Å². The number of amides is 1. The maximum absolute atomic E-state index is 11.9. The van der Waals surface area contributed by atoms with E-state index in [0.717, 1.165) is 29.4 Å². The number of anilines is 1. The predicted molar refractivity (Wildman–Crippen MR) is 90.0 cm³/mol. The number of rotatable bonds is 6. The molecule has 4 nitrogen and oxygen atoms in total. The summed E-state index contributed by atoms with van der Waals surface area (Å²) in [6.45, 7) is 4.69. The molecule has 0 unspecified atom stereocenters. The van der Waals surface area contributed by atoms with E-state index < -0.39 is 0 Å². The first-order chi connectivity index (χ1) is 11.2. The maximum Gasteiger partial charge on any atom is 0.227 e. The Morgan fingerprint density at radius 1 is 1.04 bits per heavy atom. The van der Waals surface area contributed by atoms with Crippen molar-refractivity contribution in [3.63, 3.8) is 0 Å². The van der Waals surface area contributed by atoms with Crippen LogP contribution in [0.2, 0.25) is 0 Å². The number of carbonyl (C=O) groups excluding carboxylic acids is 1. The quantitative estimate of drug-likeness (QED) is 0.856. The highest BCUT2D eigenvalue weighted by Crippen LogP contribution is 2.38. The summed E-state index contributed by atoms with van der Waals surface area (Å²) in [5.74, 6) is 3.10. The van der Waals surface area contributed by atoms with Gasteiger partial charge in [0, 0.05) is 11.6 Å². The second kappa shape index (κ2) is 6.73. The summed E-state index contributed by atoms with van der Waals surface area (Å²) in [6.07, 6.45) is 0.991. The van der Waals surface area contributed by atoms with Crippen LogP contribution in [0.15, 0.2) is 48.5 Å². The van der Waals surface area contributed by atoms with Crippen molar-refractivity contribution >= 4 is 11.6 Å². The molecular weight excluding hydrogens is 290 g/mol. The minimum atomic E-state index is 0.109. The van der Waals surface area contributed by atoms with Gasteiger partial charge in [-0.3, -0.25) is 4.79 Å². The third-order valence-electron chi connectivity index (χ3n) is 3.94. The molecule has 120 valence electrons. The Morgan fingerprint density at radius 2 is 1.57 bits per heavy atom. The molecule has 1 saturated carbocycles. The van der Waals surface area contributed by atoms with Gasteiger partial charge in [-0.05, 0) is 67.8 Å². The lowest BCUT2D eigenvalue weighted by Gasteiger charge is -2.09. The highest BCUT2D eigenvalue weighted by molar-refractivity contribution is 5.94. The number of benzene rings is 2. The summed E-state index contributed by atoms with van der Waals surface area (Å²) in [7, 11) is 0. The van der Waals surface area contributed by atoms with Gasteiger partial charge in [0.05, 0.1) is 6.61 Å². The highest BCUT2D eigenvalue weighted by atomic mass is 16.5. The van der Waals surface area contributed by atoms with Crippen molar-refractivity contribution in [2.45, 2.75) is 20.3 Å². The highest BCUT2D eigenvalue weighted by Gasteiger charge is 2.38. The molecule has 1 aliphatic carbocycles. The first-order valence-corrected chi connectivity index (χ1v) is 7.97. The molecule has 2 atom stereocenters. The van der Waals surface area contributed by atoms with E-state index in [-0.39, 0.29) is 11.8 Å². The summed E-state index contributed by atoms with van der Waals surface area (Å²) in [4.78, 5) is 11.9. The van der Waals surface area contributed by atoms with Gasteiger partial charge in [0.2, 0.25) is 5.91 Å². The fraction of sp³-hybridized carbons (Fsp3) is 0.316. The molecule has 4 heteroatoms. The number of ether oxygens (including phenoxy) is 2. The van der Waals surface area contributed by atoms with Crippen LogP contribution in [0.25, 0.3) is 0 Å². The average Bonchev–Trinajstić information content (AvgIpc) is 3.28. The normalized spacial score (nSPS) is 19.0. The summed E-state index contributed by atoms with van der Waals surface area (Å²) in [6, 6.07) is 14.9. The molecule has 0 heterocycles. The molecule has 1 amide bonds. The molecular formula is C19H21NO3. The Hall–Kier alpha value is -2.49. The van der Waals surface area contributed by atoms with Crippen LogP contribution in [-0.2, 0) is 4.79 Å². The molecule has 1 N–H and O–H groups in total. The van der Waals surface area contributed by atoms with Gasteiger partial charge in [-0.2, -0.15) is 0 Å². The SMILES string of the molecule is CCOc1ccc(Oc2ccc(NC(=O)[C@@H]3C[C@H]3C)cc2)cc1. The molecule has 0 spiro atoms. The van der Waals surface area contributed by atoms with Crippen molar-refractivity contribution in [2.24, 2.45) is 11.8 Å². The smallest absolute Gasteiger partial charge is 0.227 e. The monoisotopic (exact) mass is 311 g/mol. The summed E-state index contributed by atoms with van der Waals surface area (Å²) >= 11 is 0. The zero-order valence-electron chi connectivity index (χ0n) is 13.4. The first-order valence-electron chi connectivity index (χ1n) is 7.97. The van der Waals surface area contributed by atoms with Crippen molar-refractivity contribution in [3.05, 3.63) is 48.5 Å². The van der Waals surface area contributed by atoms with E-state index >= 15 is 0 Å². The molecule has 0 bridgehead atoms. The van der Waals surface area contributed by atoms with Crippen molar-refractivity contribution in [1.82, 2.24) is 0 Å². The van der Waals surface area contributed by atoms with E-state index in [2.05, 4.69) is 12.2 Å². The standard InChI is InChI=1S/C19H21NO3/c1-3-22-15-8-10-17(11-9-15)23-16-6-4-14(5-7-16)20-19(21)18-12-13(18)2/h4-11,13,18H,3,12H2,1-2H3,(H,20,21)/t13-,18-/m1/s1. The number of hydrogen-bond donors (Lipinski definition) is 1. The first kappa shape index (κ1) is 15.4. The molecule has 1 fully saturated rings. The van der Waals surface area contributed by atoms with Crippen molar-refractivity contribution < 1.29 is 14.3 Å². The molecule has 0 aromatic heterocycles. The topological polar surface area (TPSA) is 47.6 Å². The lowest BCUT2D eigenvalue weighted by atomic mass is 10.2. The Bertz CT molecular complexity index is 664. The van der Waals surface area contributed by atoms with Crippen LogP contribution in [0.4, 0.5) is 5.69 Å². The van der Waals surface area contributed by atoms with Gasteiger partial charge >= 0.3 is 0 Å². The third kappa shape index (κ3) is 4.03. The van der Waals surface area contributed by atoms with Crippen molar-refractivity contribution in [2.75, 3.05) is 11.9 Å². The van der Waals surface area contributed by atoms with Crippen LogP contribution in [0.3, 0.4) is 0 Å². The second-order valence-electron chi connectivity index (χ2n) is 5.84. The summed E-state index contributed by atoms with van der Waals surface area (Å²) in [5.41, 5.74) is 0.799. The fourth-order valence-corrected chi connectivity index (χ4v) is 2.44. The molecule has 3 rings (SSSR count). The Labute approximate surface area is 136 Å². The summed E-state index contributed by atoms with van der Waals surface area (Å²) in [5, 5.41) is 2.94. The fourth-order valence-electron chi connectivity index (χ4n) is 2.44. The lowest BCUT2D eigenvalue weighted by Crippen LogP contribution is -2.14. The number of nitrogens with one attached hydrogen (secondary N) is 1. The molecule has 2 aromatic rings. The molecule has 2 aromatic carbocycles. The molecule has 1 aliphatic rings. The maximum atomic E-state index is 11.9. The second-order valence-corrected chi connectivity index (χ2v) is 5.84. The van der Waals surface area contributed by atoms with E-state index in [1.807, 2.05) is 55.5 Å². The van der Waals surface area contributed by atoms with Crippen LogP contribution in [0, 0.1) is 11.8 Å². The van der Waals surface area contributed by atoms with Gasteiger partial charge in [0.25, 0.3) is 0 Å². The molecule has 23 heavy (non-hydrogen) atoms. The zero-order valence-corrected chi connectivity index (χ0v) is 13.4. The molecule has 0 aliphatic heterocycles. The minimum absolute atomic E-state index is 0.109. The third-order valence-corrected chi connectivity index (χ3v) is 3.94. The van der Waals surface area contributed by atoms with E-state index in [0.29, 0.717) is 12.5 Å². The van der Waals surface area contributed by atoms with Gasteiger partial charge in [0.15, 0.2) is 0 Å². The van der Waals surface area contributed by atoms with Crippen molar-refractivity contribution in [3.8, 4) is 17.2 Å².